The van der Waals surface area contributed by atoms with E-state index in [-0.39, 0.29) is 4.90 Å². The second kappa shape index (κ2) is 10.7. The van der Waals surface area contributed by atoms with Crippen LogP contribution < -0.4 is 5.32 Å². The minimum atomic E-state index is -3.52. The molecule has 0 atom stereocenters. The molecule has 1 amide bonds. The molecular weight excluding hydrogens is 404 g/mol. The van der Waals surface area contributed by atoms with Crippen LogP contribution in [0.4, 0.5) is 5.69 Å². The maximum Gasteiger partial charge on any atom is 0.331 e. The second-order valence-corrected chi connectivity index (χ2v) is 8.45. The van der Waals surface area contributed by atoms with Gasteiger partial charge in [-0.3, -0.25) is 4.79 Å². The van der Waals surface area contributed by atoms with Crippen molar-refractivity contribution in [3.8, 4) is 0 Å². The first-order valence-corrected chi connectivity index (χ1v) is 11.0. The Morgan fingerprint density at radius 1 is 1.07 bits per heavy atom. The van der Waals surface area contributed by atoms with E-state index in [1.807, 2.05) is 25.1 Å². The molecular formula is C22H26N2O5S. The molecule has 0 fully saturated rings. The second-order valence-electron chi connectivity index (χ2n) is 6.52. The quantitative estimate of drug-likeness (QED) is 0.487. The minimum absolute atomic E-state index is 0.193. The van der Waals surface area contributed by atoms with E-state index in [1.165, 1.54) is 28.6 Å². The summed E-state index contributed by atoms with van der Waals surface area (Å²) in [7, 11) is -3.52. The Kier molecular flexibility index (Phi) is 8.32. The Bertz CT molecular complexity index is 1010. The van der Waals surface area contributed by atoms with Crippen molar-refractivity contribution < 1.29 is 22.7 Å². The van der Waals surface area contributed by atoms with Gasteiger partial charge in [-0.1, -0.05) is 38.1 Å². The summed E-state index contributed by atoms with van der Waals surface area (Å²) in [6.45, 7) is 5.85. The molecule has 2 aromatic rings. The standard InChI is InChI=1S/C22H26N2O5S/c1-4-24(5-2)30(27,28)20-12-9-18(10-13-20)11-14-22(26)29-16-21(25)23-19-8-6-7-17(3)15-19/h6-15H,4-5,16H2,1-3H3,(H,23,25)/b14-11+. The van der Waals surface area contributed by atoms with E-state index in [0.29, 0.717) is 24.3 Å². The van der Waals surface area contributed by atoms with E-state index in [1.54, 1.807) is 32.0 Å². The zero-order chi connectivity index (χ0) is 22.1. The van der Waals surface area contributed by atoms with Crippen molar-refractivity contribution in [2.45, 2.75) is 25.7 Å². The molecule has 7 nitrogen and oxygen atoms in total. The fraction of sp³-hybridized carbons (Fsp3) is 0.273. The number of nitrogens with zero attached hydrogens (tertiary/aromatic N) is 1. The summed E-state index contributed by atoms with van der Waals surface area (Å²) < 4.78 is 31.2. The zero-order valence-corrected chi connectivity index (χ0v) is 18.1. The van der Waals surface area contributed by atoms with Gasteiger partial charge in [-0.25, -0.2) is 13.2 Å². The third kappa shape index (κ3) is 6.53. The normalized spacial score (nSPS) is 11.6. The fourth-order valence-corrected chi connectivity index (χ4v) is 4.19. The highest BCUT2D eigenvalue weighted by molar-refractivity contribution is 7.89. The summed E-state index contributed by atoms with van der Waals surface area (Å²) in [5, 5.41) is 2.65. The van der Waals surface area contributed by atoms with E-state index in [4.69, 9.17) is 4.74 Å². The first-order valence-electron chi connectivity index (χ1n) is 9.57. The molecule has 0 saturated carbocycles. The van der Waals surface area contributed by atoms with E-state index in [9.17, 15) is 18.0 Å². The Labute approximate surface area is 177 Å². The van der Waals surface area contributed by atoms with Gasteiger partial charge >= 0.3 is 5.97 Å². The molecule has 0 aliphatic heterocycles. The van der Waals surface area contributed by atoms with Gasteiger partial charge in [0.15, 0.2) is 6.61 Å². The number of sulfonamides is 1. The lowest BCUT2D eigenvalue weighted by Crippen LogP contribution is -2.30. The van der Waals surface area contributed by atoms with Crippen LogP contribution >= 0.6 is 0 Å². The first kappa shape index (κ1) is 23.3. The molecule has 1 N–H and O–H groups in total. The first-order chi connectivity index (χ1) is 14.3. The number of amides is 1. The molecule has 160 valence electrons. The number of rotatable bonds is 9. The summed E-state index contributed by atoms with van der Waals surface area (Å²) in [6, 6.07) is 13.5. The molecule has 0 saturated heterocycles. The number of benzene rings is 2. The molecule has 30 heavy (non-hydrogen) atoms. The lowest BCUT2D eigenvalue weighted by atomic mass is 10.2. The number of carbonyl (C=O) groups excluding carboxylic acids is 2. The monoisotopic (exact) mass is 430 g/mol. The van der Waals surface area contributed by atoms with Crippen LogP contribution in [0, 0.1) is 6.92 Å². The maximum atomic E-state index is 12.5. The molecule has 0 bridgehead atoms. The number of hydrogen-bond acceptors (Lipinski definition) is 5. The summed E-state index contributed by atoms with van der Waals surface area (Å²) in [5.74, 6) is -1.11. The molecule has 0 aromatic heterocycles. The summed E-state index contributed by atoms with van der Waals surface area (Å²) in [6.07, 6.45) is 2.68. The average molecular weight is 431 g/mol. The largest absolute Gasteiger partial charge is 0.452 e. The molecule has 0 heterocycles. The van der Waals surface area contributed by atoms with Crippen molar-refractivity contribution in [1.82, 2.24) is 4.31 Å². The molecule has 8 heteroatoms. The van der Waals surface area contributed by atoms with Crippen molar-refractivity contribution >= 4 is 33.7 Å². The van der Waals surface area contributed by atoms with Gasteiger partial charge in [0.25, 0.3) is 5.91 Å². The number of hydrogen-bond donors (Lipinski definition) is 1. The number of anilines is 1. The fourth-order valence-electron chi connectivity index (χ4n) is 2.73. The van der Waals surface area contributed by atoms with Gasteiger partial charge in [-0.2, -0.15) is 4.31 Å². The summed E-state index contributed by atoms with van der Waals surface area (Å²) in [5.41, 5.74) is 2.27. The van der Waals surface area contributed by atoms with Gasteiger partial charge in [0, 0.05) is 24.9 Å². The van der Waals surface area contributed by atoms with E-state index in [0.717, 1.165) is 5.56 Å². The van der Waals surface area contributed by atoms with Crippen LogP contribution in [-0.2, 0) is 24.3 Å². The molecule has 0 radical (unpaired) electrons. The van der Waals surface area contributed by atoms with Gasteiger partial charge in [0.1, 0.15) is 0 Å². The van der Waals surface area contributed by atoms with E-state index >= 15 is 0 Å². The third-order valence-corrected chi connectivity index (χ3v) is 6.35. The van der Waals surface area contributed by atoms with Crippen LogP contribution in [0.15, 0.2) is 59.5 Å². The van der Waals surface area contributed by atoms with Gasteiger partial charge < -0.3 is 10.1 Å². The van der Waals surface area contributed by atoms with Gasteiger partial charge in [-0.15, -0.1) is 0 Å². The third-order valence-electron chi connectivity index (χ3n) is 4.28. The highest BCUT2D eigenvalue weighted by atomic mass is 32.2. The highest BCUT2D eigenvalue weighted by Crippen LogP contribution is 2.17. The van der Waals surface area contributed by atoms with Crippen LogP contribution in [0.3, 0.4) is 0 Å². The number of carbonyl (C=O) groups is 2. The topological polar surface area (TPSA) is 92.8 Å². The van der Waals surface area contributed by atoms with Crippen LogP contribution in [-0.4, -0.2) is 44.3 Å². The predicted molar refractivity (Wildman–Crippen MR) is 116 cm³/mol. The van der Waals surface area contributed by atoms with Crippen LogP contribution in [0.5, 0.6) is 0 Å². The van der Waals surface area contributed by atoms with Crippen molar-refractivity contribution in [3.63, 3.8) is 0 Å². The Morgan fingerprint density at radius 3 is 2.33 bits per heavy atom. The summed E-state index contributed by atoms with van der Waals surface area (Å²) in [4.78, 5) is 23.9. The van der Waals surface area contributed by atoms with Crippen LogP contribution in [0.25, 0.3) is 6.08 Å². The average Bonchev–Trinajstić information content (AvgIpc) is 2.72. The number of ether oxygens (including phenoxy) is 1. The number of nitrogens with one attached hydrogen (secondary N) is 1. The lowest BCUT2D eigenvalue weighted by molar-refractivity contribution is -0.142. The number of esters is 1. The lowest BCUT2D eigenvalue weighted by Gasteiger charge is -2.18. The van der Waals surface area contributed by atoms with Crippen molar-refractivity contribution in [2.24, 2.45) is 0 Å². The molecule has 0 aliphatic carbocycles. The highest BCUT2D eigenvalue weighted by Gasteiger charge is 2.20. The van der Waals surface area contributed by atoms with Crippen molar-refractivity contribution in [2.75, 3.05) is 25.0 Å². The van der Waals surface area contributed by atoms with E-state index < -0.39 is 28.5 Å². The van der Waals surface area contributed by atoms with E-state index in [2.05, 4.69) is 5.32 Å². The van der Waals surface area contributed by atoms with Gasteiger partial charge in [0.05, 0.1) is 4.90 Å². The molecule has 2 rings (SSSR count). The summed E-state index contributed by atoms with van der Waals surface area (Å²) >= 11 is 0. The SMILES string of the molecule is CCN(CC)S(=O)(=O)c1ccc(/C=C/C(=O)OCC(=O)Nc2cccc(C)c2)cc1. The van der Waals surface area contributed by atoms with Gasteiger partial charge in [-0.05, 0) is 48.4 Å². The van der Waals surface area contributed by atoms with Crippen molar-refractivity contribution in [1.29, 1.82) is 0 Å². The molecule has 0 spiro atoms. The van der Waals surface area contributed by atoms with Gasteiger partial charge in [0.2, 0.25) is 10.0 Å². The van der Waals surface area contributed by atoms with Crippen molar-refractivity contribution in [3.05, 3.63) is 65.7 Å². The number of aryl methyl sites for hydroxylation is 1. The Balaban J connectivity index is 1.89. The molecule has 0 aliphatic rings. The minimum Gasteiger partial charge on any atom is -0.452 e. The Morgan fingerprint density at radius 2 is 1.73 bits per heavy atom. The van der Waals surface area contributed by atoms with Crippen LogP contribution in [0.1, 0.15) is 25.0 Å². The predicted octanol–water partition coefficient (Wildman–Crippen LogP) is 3.22. The Hall–Kier alpha value is -2.97. The maximum absolute atomic E-state index is 12.5. The van der Waals surface area contributed by atoms with Crippen LogP contribution in [0.2, 0.25) is 0 Å². The zero-order valence-electron chi connectivity index (χ0n) is 17.3. The smallest absolute Gasteiger partial charge is 0.331 e. The molecule has 0 unspecified atom stereocenters. The molecule has 2 aromatic carbocycles.